The molecule has 0 aliphatic rings. The van der Waals surface area contributed by atoms with Crippen molar-refractivity contribution in [2.24, 2.45) is 5.73 Å². The van der Waals surface area contributed by atoms with Gasteiger partial charge in [0, 0.05) is 18.5 Å². The molecule has 0 aromatic carbocycles. The second kappa shape index (κ2) is 3.65. The van der Waals surface area contributed by atoms with E-state index in [1.54, 1.807) is 11.3 Å². The maximum atomic E-state index is 5.39. The fourth-order valence-electron chi connectivity index (χ4n) is 0.705. The summed E-state index contributed by atoms with van der Waals surface area (Å²) >= 11 is 1.61. The van der Waals surface area contributed by atoms with Gasteiger partial charge in [-0.05, 0) is 7.05 Å². The highest BCUT2D eigenvalue weighted by Gasteiger charge is 1.96. The van der Waals surface area contributed by atoms with E-state index in [-0.39, 0.29) is 0 Å². The van der Waals surface area contributed by atoms with E-state index >= 15 is 0 Å². The number of nitrogens with one attached hydrogen (secondary N) is 1. The van der Waals surface area contributed by atoms with Crippen LogP contribution in [0.15, 0.2) is 5.38 Å². The lowest BCUT2D eigenvalue weighted by Crippen LogP contribution is -2.05. The SMILES string of the molecule is CNCc1csc(CN)n1. The largest absolute Gasteiger partial charge is 0.325 e. The fourth-order valence-corrected chi connectivity index (χ4v) is 1.38. The second-order valence-corrected chi connectivity index (χ2v) is 2.91. The number of hydrogen-bond donors (Lipinski definition) is 2. The molecule has 0 fully saturated rings. The third-order valence-electron chi connectivity index (χ3n) is 1.13. The van der Waals surface area contributed by atoms with E-state index in [0.29, 0.717) is 6.54 Å². The third kappa shape index (κ3) is 1.76. The quantitative estimate of drug-likeness (QED) is 0.664. The first-order chi connectivity index (χ1) is 4.86. The van der Waals surface area contributed by atoms with Crippen LogP contribution in [0, 0.1) is 0 Å². The summed E-state index contributed by atoms with van der Waals surface area (Å²) in [6.45, 7) is 1.38. The minimum absolute atomic E-state index is 0.550. The molecule has 0 unspecified atom stereocenters. The maximum Gasteiger partial charge on any atom is 0.106 e. The molecule has 0 aliphatic heterocycles. The first-order valence-electron chi connectivity index (χ1n) is 3.14. The van der Waals surface area contributed by atoms with Gasteiger partial charge in [-0.3, -0.25) is 0 Å². The molecule has 1 aromatic heterocycles. The standard InChI is InChI=1S/C6H11N3S/c1-8-3-5-4-10-6(2-7)9-5/h4,8H,2-3,7H2,1H3. The first kappa shape index (κ1) is 7.65. The van der Waals surface area contributed by atoms with Crippen LogP contribution in [0.4, 0.5) is 0 Å². The highest BCUT2D eigenvalue weighted by atomic mass is 32.1. The van der Waals surface area contributed by atoms with Crippen molar-refractivity contribution >= 4 is 11.3 Å². The van der Waals surface area contributed by atoms with Gasteiger partial charge in [-0.1, -0.05) is 0 Å². The van der Waals surface area contributed by atoms with Gasteiger partial charge in [-0.25, -0.2) is 4.98 Å². The molecule has 0 radical (unpaired) electrons. The van der Waals surface area contributed by atoms with Gasteiger partial charge in [-0.2, -0.15) is 0 Å². The Morgan fingerprint density at radius 2 is 2.60 bits per heavy atom. The monoisotopic (exact) mass is 157 g/mol. The Morgan fingerprint density at radius 1 is 1.80 bits per heavy atom. The lowest BCUT2D eigenvalue weighted by molar-refractivity contribution is 0.791. The zero-order chi connectivity index (χ0) is 7.40. The average Bonchev–Trinajstić information content (AvgIpc) is 2.37. The van der Waals surface area contributed by atoms with Crippen molar-refractivity contribution in [2.45, 2.75) is 13.1 Å². The number of rotatable bonds is 3. The Labute approximate surface area is 64.3 Å². The topological polar surface area (TPSA) is 50.9 Å². The summed E-state index contributed by atoms with van der Waals surface area (Å²) in [6.07, 6.45) is 0. The molecule has 3 N–H and O–H groups in total. The number of nitrogens with zero attached hydrogens (tertiary/aromatic N) is 1. The number of aromatic nitrogens is 1. The van der Waals surface area contributed by atoms with Gasteiger partial charge in [0.1, 0.15) is 5.01 Å². The third-order valence-corrected chi connectivity index (χ3v) is 2.05. The predicted octanol–water partition coefficient (Wildman–Crippen LogP) is 0.321. The highest BCUT2D eigenvalue weighted by molar-refractivity contribution is 7.09. The van der Waals surface area contributed by atoms with Gasteiger partial charge in [0.2, 0.25) is 0 Å². The van der Waals surface area contributed by atoms with Crippen molar-refractivity contribution in [1.29, 1.82) is 0 Å². The van der Waals surface area contributed by atoms with Crippen LogP contribution >= 0.6 is 11.3 Å². The zero-order valence-corrected chi connectivity index (χ0v) is 6.74. The average molecular weight is 157 g/mol. The normalized spacial score (nSPS) is 10.2. The lowest BCUT2D eigenvalue weighted by Gasteiger charge is -1.90. The molecule has 3 nitrogen and oxygen atoms in total. The number of nitrogens with two attached hydrogens (primary N) is 1. The van der Waals surface area contributed by atoms with Gasteiger partial charge >= 0.3 is 0 Å². The van der Waals surface area contributed by atoms with Crippen LogP contribution < -0.4 is 11.1 Å². The molecule has 0 bridgehead atoms. The molecule has 0 saturated heterocycles. The van der Waals surface area contributed by atoms with Crippen LogP contribution in [-0.2, 0) is 13.1 Å². The van der Waals surface area contributed by atoms with Crippen molar-refractivity contribution < 1.29 is 0 Å². The Balaban J connectivity index is 2.59. The summed E-state index contributed by atoms with van der Waals surface area (Å²) in [4.78, 5) is 4.25. The molecule has 0 saturated carbocycles. The summed E-state index contributed by atoms with van der Waals surface area (Å²) in [7, 11) is 1.90. The van der Waals surface area contributed by atoms with Crippen LogP contribution in [0.5, 0.6) is 0 Å². The van der Waals surface area contributed by atoms with E-state index in [1.165, 1.54) is 0 Å². The van der Waals surface area contributed by atoms with Crippen molar-refractivity contribution in [1.82, 2.24) is 10.3 Å². The van der Waals surface area contributed by atoms with Crippen LogP contribution in [-0.4, -0.2) is 12.0 Å². The van der Waals surface area contributed by atoms with Crippen molar-refractivity contribution in [3.05, 3.63) is 16.1 Å². The molecule has 1 rings (SSSR count). The molecule has 1 aromatic rings. The fraction of sp³-hybridized carbons (Fsp3) is 0.500. The molecule has 10 heavy (non-hydrogen) atoms. The second-order valence-electron chi connectivity index (χ2n) is 1.97. The van der Waals surface area contributed by atoms with Crippen LogP contribution in [0.2, 0.25) is 0 Å². The van der Waals surface area contributed by atoms with Crippen LogP contribution in [0.25, 0.3) is 0 Å². The van der Waals surface area contributed by atoms with Gasteiger partial charge in [0.25, 0.3) is 0 Å². The summed E-state index contributed by atoms with van der Waals surface area (Å²) in [6, 6.07) is 0. The molecule has 0 amide bonds. The maximum absolute atomic E-state index is 5.39. The van der Waals surface area contributed by atoms with Crippen molar-refractivity contribution in [3.8, 4) is 0 Å². The lowest BCUT2D eigenvalue weighted by atomic mass is 10.5. The van der Waals surface area contributed by atoms with Gasteiger partial charge in [0.05, 0.1) is 5.69 Å². The van der Waals surface area contributed by atoms with E-state index in [4.69, 9.17) is 5.73 Å². The smallest absolute Gasteiger partial charge is 0.106 e. The van der Waals surface area contributed by atoms with E-state index < -0.39 is 0 Å². The molecular weight excluding hydrogens is 146 g/mol. The molecular formula is C6H11N3S. The zero-order valence-electron chi connectivity index (χ0n) is 5.92. The predicted molar refractivity (Wildman–Crippen MR) is 42.8 cm³/mol. The number of thiazole rings is 1. The molecule has 0 spiro atoms. The highest BCUT2D eigenvalue weighted by Crippen LogP contribution is 2.07. The van der Waals surface area contributed by atoms with Crippen LogP contribution in [0.1, 0.15) is 10.7 Å². The van der Waals surface area contributed by atoms with Crippen LogP contribution in [0.3, 0.4) is 0 Å². The van der Waals surface area contributed by atoms with Gasteiger partial charge in [-0.15, -0.1) is 11.3 Å². The molecule has 0 aliphatic carbocycles. The Hall–Kier alpha value is -0.450. The molecule has 0 atom stereocenters. The van der Waals surface area contributed by atoms with E-state index in [1.807, 2.05) is 12.4 Å². The summed E-state index contributed by atoms with van der Waals surface area (Å²) in [5.41, 5.74) is 6.46. The van der Waals surface area contributed by atoms with Gasteiger partial charge in [0.15, 0.2) is 0 Å². The first-order valence-corrected chi connectivity index (χ1v) is 4.02. The minimum Gasteiger partial charge on any atom is -0.325 e. The van der Waals surface area contributed by atoms with E-state index in [2.05, 4.69) is 10.3 Å². The minimum atomic E-state index is 0.550. The van der Waals surface area contributed by atoms with Gasteiger partial charge < -0.3 is 11.1 Å². The van der Waals surface area contributed by atoms with E-state index in [9.17, 15) is 0 Å². The summed E-state index contributed by atoms with van der Waals surface area (Å²) < 4.78 is 0. The van der Waals surface area contributed by atoms with Crippen molar-refractivity contribution in [3.63, 3.8) is 0 Å². The van der Waals surface area contributed by atoms with Crippen molar-refractivity contribution in [2.75, 3.05) is 7.05 Å². The molecule has 4 heteroatoms. The Morgan fingerprint density at radius 3 is 3.10 bits per heavy atom. The Kier molecular flexibility index (Phi) is 2.80. The molecule has 1 heterocycles. The Bertz CT molecular complexity index is 197. The van der Waals surface area contributed by atoms with E-state index in [0.717, 1.165) is 17.2 Å². The molecule has 56 valence electrons. The summed E-state index contributed by atoms with van der Waals surface area (Å²) in [5.74, 6) is 0. The number of hydrogen-bond acceptors (Lipinski definition) is 4. The summed E-state index contributed by atoms with van der Waals surface area (Å²) in [5, 5.41) is 6.06.